The van der Waals surface area contributed by atoms with Crippen molar-refractivity contribution in [3.8, 4) is 5.88 Å². The van der Waals surface area contributed by atoms with Gasteiger partial charge in [0.15, 0.2) is 17.1 Å². The first-order valence-electron chi connectivity index (χ1n) is 14.2. The van der Waals surface area contributed by atoms with Crippen molar-refractivity contribution >= 4 is 35.6 Å². The number of aromatic nitrogens is 2. The van der Waals surface area contributed by atoms with E-state index in [0.717, 1.165) is 55.5 Å². The topological polar surface area (TPSA) is 114 Å². The standard InChI is InChI=1S/C31H40N5O3P/c1-5-31(2)28(35-27-29(32)33-20-34-30(27)39-31)24-13-11-23(12-14-24)22-8-6-7-21(9-10-22)19-40(37,38)26-17-15-25(16-18-26)36(3)4/h11-18,20-22H,5-10,19H2,1-4H3,(H,37,38)(H2,32,33,34)/t21-,22?,31?/m0/s1. The van der Waals surface area contributed by atoms with Gasteiger partial charge in [0.25, 0.3) is 0 Å². The van der Waals surface area contributed by atoms with Crippen LogP contribution in [0, 0.1) is 5.92 Å². The summed E-state index contributed by atoms with van der Waals surface area (Å²) in [5.41, 5.74) is 10.1. The van der Waals surface area contributed by atoms with Crippen molar-refractivity contribution in [2.24, 2.45) is 10.9 Å². The number of fused-ring (bicyclic) bond motifs is 1. The molecule has 4 atom stereocenters. The smallest absolute Gasteiger partial charge is 0.246 e. The molecule has 3 unspecified atom stereocenters. The SMILES string of the molecule is CCC1(C)Oc2ncnc(N)c2N=C1c1ccc(C2CCC[C@H](CP(=O)(O)c3ccc(N(C)C)cc3)CC2)cc1. The summed E-state index contributed by atoms with van der Waals surface area (Å²) in [7, 11) is 0.533. The van der Waals surface area contributed by atoms with E-state index in [2.05, 4.69) is 41.2 Å². The Bertz CT molecular complexity index is 1420. The molecular formula is C31H40N5O3P. The third kappa shape index (κ3) is 5.79. The van der Waals surface area contributed by atoms with Gasteiger partial charge >= 0.3 is 0 Å². The molecule has 40 heavy (non-hydrogen) atoms. The van der Waals surface area contributed by atoms with E-state index in [1.165, 1.54) is 11.9 Å². The Labute approximate surface area is 237 Å². The quantitative estimate of drug-likeness (QED) is 0.266. The molecule has 0 amide bonds. The summed E-state index contributed by atoms with van der Waals surface area (Å²) in [4.78, 5) is 26.1. The molecule has 1 aliphatic carbocycles. The minimum Gasteiger partial charge on any atom is -0.463 e. The second-order valence-electron chi connectivity index (χ2n) is 11.5. The second-order valence-corrected chi connectivity index (χ2v) is 13.8. The van der Waals surface area contributed by atoms with E-state index in [1.54, 1.807) is 0 Å². The van der Waals surface area contributed by atoms with Gasteiger partial charge < -0.3 is 20.3 Å². The predicted molar refractivity (Wildman–Crippen MR) is 163 cm³/mol. The van der Waals surface area contributed by atoms with Gasteiger partial charge in [-0.2, -0.15) is 4.98 Å². The zero-order valence-electron chi connectivity index (χ0n) is 23.9. The Morgan fingerprint density at radius 2 is 1.77 bits per heavy atom. The minimum atomic E-state index is -3.40. The first kappa shape index (κ1) is 28.3. The lowest BCUT2D eigenvalue weighted by molar-refractivity contribution is 0.146. The molecule has 0 bridgehead atoms. The molecule has 3 N–H and O–H groups in total. The molecule has 1 aliphatic heterocycles. The Balaban J connectivity index is 1.27. The number of aliphatic imine (C=N–C) groups is 1. The van der Waals surface area contributed by atoms with Crippen molar-refractivity contribution in [1.82, 2.24) is 9.97 Å². The number of rotatable bonds is 7. The van der Waals surface area contributed by atoms with E-state index < -0.39 is 13.0 Å². The van der Waals surface area contributed by atoms with Gasteiger partial charge in [0, 0.05) is 36.8 Å². The third-order valence-corrected chi connectivity index (χ3v) is 10.7. The summed E-state index contributed by atoms with van der Waals surface area (Å²) in [5.74, 6) is 1.41. The fraction of sp³-hybridized carbons (Fsp3) is 0.452. The van der Waals surface area contributed by atoms with E-state index >= 15 is 0 Å². The first-order valence-corrected chi connectivity index (χ1v) is 16.0. The van der Waals surface area contributed by atoms with Gasteiger partial charge in [-0.15, -0.1) is 0 Å². The Morgan fingerprint density at radius 3 is 2.45 bits per heavy atom. The monoisotopic (exact) mass is 561 g/mol. The van der Waals surface area contributed by atoms with Crippen LogP contribution in [0.25, 0.3) is 0 Å². The minimum absolute atomic E-state index is 0.250. The summed E-state index contributed by atoms with van der Waals surface area (Å²) >= 11 is 0. The zero-order valence-corrected chi connectivity index (χ0v) is 24.8. The van der Waals surface area contributed by atoms with Crippen LogP contribution in [-0.4, -0.2) is 46.4 Å². The van der Waals surface area contributed by atoms with Crippen molar-refractivity contribution in [2.75, 3.05) is 30.9 Å². The van der Waals surface area contributed by atoms with Crippen molar-refractivity contribution in [3.63, 3.8) is 0 Å². The van der Waals surface area contributed by atoms with Crippen molar-refractivity contribution in [2.45, 2.75) is 63.9 Å². The molecule has 0 spiro atoms. The lowest BCUT2D eigenvalue weighted by Crippen LogP contribution is -2.43. The van der Waals surface area contributed by atoms with E-state index in [4.69, 9.17) is 15.5 Å². The number of nitrogens with two attached hydrogens (primary N) is 1. The van der Waals surface area contributed by atoms with Gasteiger partial charge in [-0.05, 0) is 80.7 Å². The van der Waals surface area contributed by atoms with Gasteiger partial charge in [-0.1, -0.05) is 37.6 Å². The molecule has 5 rings (SSSR count). The van der Waals surface area contributed by atoms with Gasteiger partial charge in [0.1, 0.15) is 6.33 Å². The van der Waals surface area contributed by atoms with Crippen LogP contribution in [0.1, 0.15) is 69.4 Å². The number of nitrogens with zero attached hydrogens (tertiary/aromatic N) is 4. The Kier molecular flexibility index (Phi) is 8.03. The molecule has 2 aromatic carbocycles. The molecule has 2 aliphatic rings. The zero-order chi connectivity index (χ0) is 28.5. The number of ether oxygens (including phenoxy) is 1. The molecule has 0 saturated heterocycles. The molecule has 1 fully saturated rings. The maximum atomic E-state index is 13.3. The molecule has 2 heterocycles. The molecule has 0 radical (unpaired) electrons. The summed E-state index contributed by atoms with van der Waals surface area (Å²) in [6, 6.07) is 16.1. The fourth-order valence-electron chi connectivity index (χ4n) is 5.90. The summed E-state index contributed by atoms with van der Waals surface area (Å²) in [6.45, 7) is 4.11. The Hall–Kier alpha value is -3.22. The first-order chi connectivity index (χ1) is 19.1. The van der Waals surface area contributed by atoms with Crippen molar-refractivity contribution < 1.29 is 14.2 Å². The van der Waals surface area contributed by atoms with Crippen LogP contribution in [0.2, 0.25) is 0 Å². The summed E-state index contributed by atoms with van der Waals surface area (Å²) < 4.78 is 19.6. The van der Waals surface area contributed by atoms with Gasteiger partial charge in [-0.25, -0.2) is 9.98 Å². The Morgan fingerprint density at radius 1 is 1.05 bits per heavy atom. The average Bonchev–Trinajstić information content (AvgIpc) is 3.18. The number of hydrogen-bond donors (Lipinski definition) is 2. The lowest BCUT2D eigenvalue weighted by atomic mass is 9.87. The van der Waals surface area contributed by atoms with E-state index in [0.29, 0.717) is 34.8 Å². The van der Waals surface area contributed by atoms with Crippen LogP contribution in [0.5, 0.6) is 5.88 Å². The summed E-state index contributed by atoms with van der Waals surface area (Å²) in [6.07, 6.45) is 7.58. The molecule has 3 aromatic rings. The lowest BCUT2D eigenvalue weighted by Gasteiger charge is -2.34. The molecular weight excluding hydrogens is 521 g/mol. The highest BCUT2D eigenvalue weighted by atomic mass is 31.2. The van der Waals surface area contributed by atoms with Gasteiger partial charge in [0.05, 0.1) is 5.71 Å². The molecule has 212 valence electrons. The normalized spacial score (nSPS) is 24.2. The largest absolute Gasteiger partial charge is 0.463 e. The molecule has 8 nitrogen and oxygen atoms in total. The maximum absolute atomic E-state index is 13.3. The van der Waals surface area contributed by atoms with E-state index in [1.807, 2.05) is 50.2 Å². The van der Waals surface area contributed by atoms with Crippen LogP contribution in [0.3, 0.4) is 0 Å². The average molecular weight is 562 g/mol. The van der Waals surface area contributed by atoms with Gasteiger partial charge in [0.2, 0.25) is 13.2 Å². The van der Waals surface area contributed by atoms with E-state index in [9.17, 15) is 9.46 Å². The number of nitrogen functional groups attached to an aromatic ring is 1. The number of anilines is 2. The van der Waals surface area contributed by atoms with Crippen LogP contribution >= 0.6 is 7.37 Å². The van der Waals surface area contributed by atoms with Crippen molar-refractivity contribution in [1.29, 1.82) is 0 Å². The van der Waals surface area contributed by atoms with Crippen LogP contribution in [0.4, 0.5) is 17.2 Å². The highest BCUT2D eigenvalue weighted by Gasteiger charge is 2.38. The number of hydrogen-bond acceptors (Lipinski definition) is 7. The van der Waals surface area contributed by atoms with Crippen LogP contribution in [-0.2, 0) is 4.57 Å². The van der Waals surface area contributed by atoms with Crippen molar-refractivity contribution in [3.05, 3.63) is 66.0 Å². The predicted octanol–water partition coefficient (Wildman–Crippen LogP) is 6.07. The van der Waals surface area contributed by atoms with Crippen LogP contribution < -0.4 is 20.7 Å². The highest BCUT2D eigenvalue weighted by Crippen LogP contribution is 2.46. The maximum Gasteiger partial charge on any atom is 0.246 e. The fourth-order valence-corrected chi connectivity index (χ4v) is 7.79. The number of benzene rings is 2. The van der Waals surface area contributed by atoms with Crippen LogP contribution in [0.15, 0.2) is 59.9 Å². The van der Waals surface area contributed by atoms with E-state index in [-0.39, 0.29) is 5.92 Å². The highest BCUT2D eigenvalue weighted by molar-refractivity contribution is 7.66. The molecule has 1 saturated carbocycles. The third-order valence-electron chi connectivity index (χ3n) is 8.56. The molecule has 9 heteroatoms. The molecule has 1 aromatic heterocycles. The van der Waals surface area contributed by atoms with Gasteiger partial charge in [-0.3, -0.25) is 4.57 Å². The summed E-state index contributed by atoms with van der Waals surface area (Å²) in [5, 5.41) is 0.555. The second kappa shape index (κ2) is 11.3.